The third-order valence-corrected chi connectivity index (χ3v) is 11.4. The van der Waals surface area contributed by atoms with Crippen molar-refractivity contribution in [1.82, 2.24) is 19.9 Å². The largest absolute Gasteiger partial charge is 0.247 e. The molecule has 0 N–H and O–H groups in total. The fourth-order valence-electron chi connectivity index (χ4n) is 7.68. The summed E-state index contributed by atoms with van der Waals surface area (Å²) in [7, 11) is 0. The molecule has 11 aromatic rings. The maximum atomic E-state index is 5.20. The number of benzene rings is 8. The molecule has 0 radical (unpaired) electrons. The Bertz CT molecular complexity index is 3140. The minimum atomic E-state index is 0.643. The van der Waals surface area contributed by atoms with Crippen molar-refractivity contribution in [2.75, 3.05) is 0 Å². The van der Waals surface area contributed by atoms with Gasteiger partial charge in [-0.2, -0.15) is 0 Å². The maximum absolute atomic E-state index is 5.20. The van der Waals surface area contributed by atoms with Crippen molar-refractivity contribution < 1.29 is 0 Å². The van der Waals surface area contributed by atoms with Gasteiger partial charge in [0.1, 0.15) is 0 Å². The van der Waals surface area contributed by atoms with Gasteiger partial charge in [0.2, 0.25) is 0 Å². The minimum Gasteiger partial charge on any atom is -0.247 e. The zero-order valence-electron chi connectivity index (χ0n) is 28.4. The van der Waals surface area contributed by atoms with Crippen molar-refractivity contribution in [2.24, 2.45) is 0 Å². The van der Waals surface area contributed by atoms with Crippen molar-refractivity contribution in [2.45, 2.75) is 0 Å². The number of pyridine rings is 1. The predicted molar refractivity (Wildman–Crippen MR) is 222 cm³/mol. The minimum absolute atomic E-state index is 0.643. The van der Waals surface area contributed by atoms with Gasteiger partial charge in [-0.05, 0) is 64.0 Å². The van der Waals surface area contributed by atoms with Crippen LogP contribution in [0.4, 0.5) is 0 Å². The SMILES string of the molecule is c1ccc(-c2nc3ccccc3c3c2ccc2sc4ccc(-c5nc(-c6ccc7ccccc7c6)nc(-c6ccc7ccccc7c6)n5)cc4c23)cc1. The molecule has 3 aromatic heterocycles. The van der Waals surface area contributed by atoms with Gasteiger partial charge in [0.05, 0.1) is 11.2 Å². The highest BCUT2D eigenvalue weighted by molar-refractivity contribution is 7.26. The number of thiophene rings is 1. The van der Waals surface area contributed by atoms with E-state index in [2.05, 4.69) is 170 Å². The first kappa shape index (κ1) is 29.9. The molecule has 4 nitrogen and oxygen atoms in total. The van der Waals surface area contributed by atoms with Crippen molar-refractivity contribution in [3.63, 3.8) is 0 Å². The van der Waals surface area contributed by atoms with E-state index in [-0.39, 0.29) is 0 Å². The smallest absolute Gasteiger partial charge is 0.164 e. The molecule has 0 fully saturated rings. The maximum Gasteiger partial charge on any atom is 0.164 e. The molecule has 3 heterocycles. The van der Waals surface area contributed by atoms with Gasteiger partial charge >= 0.3 is 0 Å². The molecule has 246 valence electrons. The lowest BCUT2D eigenvalue weighted by atomic mass is 9.96. The van der Waals surface area contributed by atoms with Crippen LogP contribution >= 0.6 is 11.3 Å². The van der Waals surface area contributed by atoms with Gasteiger partial charge in [-0.3, -0.25) is 0 Å². The summed E-state index contributed by atoms with van der Waals surface area (Å²) >= 11 is 1.82. The van der Waals surface area contributed by atoms with Crippen molar-refractivity contribution >= 4 is 74.7 Å². The van der Waals surface area contributed by atoms with E-state index in [4.69, 9.17) is 19.9 Å². The van der Waals surface area contributed by atoms with E-state index in [9.17, 15) is 0 Å². The Balaban J connectivity index is 1.17. The molecule has 11 rings (SSSR count). The highest BCUT2D eigenvalue weighted by Crippen LogP contribution is 2.44. The summed E-state index contributed by atoms with van der Waals surface area (Å²) in [6, 6.07) is 59.8. The Morgan fingerprint density at radius 2 is 0.868 bits per heavy atom. The Hall–Kier alpha value is -6.82. The average Bonchev–Trinajstić information content (AvgIpc) is 3.61. The van der Waals surface area contributed by atoms with E-state index in [1.165, 1.54) is 36.3 Å². The molecule has 5 heteroatoms. The Labute approximate surface area is 308 Å². The molecule has 8 aromatic carbocycles. The molecule has 0 aliphatic carbocycles. The Morgan fingerprint density at radius 3 is 1.55 bits per heavy atom. The van der Waals surface area contributed by atoms with Crippen LogP contribution in [-0.2, 0) is 0 Å². The van der Waals surface area contributed by atoms with Gasteiger partial charge in [0.25, 0.3) is 0 Å². The second-order valence-electron chi connectivity index (χ2n) is 13.4. The van der Waals surface area contributed by atoms with Gasteiger partial charge in [0, 0.05) is 58.6 Å². The first-order valence-corrected chi connectivity index (χ1v) is 18.5. The predicted octanol–water partition coefficient (Wildman–Crippen LogP) is 12.9. The quantitative estimate of drug-likeness (QED) is 0.172. The van der Waals surface area contributed by atoms with E-state index in [1.54, 1.807) is 0 Å². The van der Waals surface area contributed by atoms with Crippen LogP contribution < -0.4 is 0 Å². The lowest BCUT2D eigenvalue weighted by Crippen LogP contribution is -2.00. The monoisotopic (exact) mass is 692 g/mol. The normalized spacial score (nSPS) is 11.8. The molecule has 0 aliphatic heterocycles. The van der Waals surface area contributed by atoms with E-state index < -0.39 is 0 Å². The lowest BCUT2D eigenvalue weighted by Gasteiger charge is -2.12. The van der Waals surface area contributed by atoms with Gasteiger partial charge in [-0.15, -0.1) is 11.3 Å². The van der Waals surface area contributed by atoms with E-state index >= 15 is 0 Å². The first-order chi connectivity index (χ1) is 26.2. The summed E-state index contributed by atoms with van der Waals surface area (Å²) in [4.78, 5) is 20.7. The van der Waals surface area contributed by atoms with Crippen molar-refractivity contribution in [1.29, 1.82) is 0 Å². The standard InChI is InChI=1S/C48H28N4S/c1-2-12-31(13-3-1)45-38-23-25-42-44(43(38)37-16-8-9-17-40(37)49-45)39-28-36(22-24-41(39)53-42)48-51-46(34-20-18-29-10-4-6-14-32(29)26-34)50-47(52-48)35-21-19-30-11-5-7-15-33(30)27-35/h1-28H. The van der Waals surface area contributed by atoms with Crippen molar-refractivity contribution in [3.8, 4) is 45.4 Å². The van der Waals surface area contributed by atoms with E-state index in [1.807, 2.05) is 11.3 Å². The molecule has 0 unspecified atom stereocenters. The van der Waals surface area contributed by atoms with E-state index in [0.717, 1.165) is 55.0 Å². The van der Waals surface area contributed by atoms with E-state index in [0.29, 0.717) is 17.5 Å². The number of fused-ring (bicyclic) bond motifs is 9. The lowest BCUT2D eigenvalue weighted by molar-refractivity contribution is 1.08. The summed E-state index contributed by atoms with van der Waals surface area (Å²) in [5.41, 5.74) is 5.94. The highest BCUT2D eigenvalue weighted by atomic mass is 32.1. The number of rotatable bonds is 4. The molecule has 0 bridgehead atoms. The van der Waals surface area contributed by atoms with Crippen LogP contribution in [0, 0.1) is 0 Å². The number of aromatic nitrogens is 4. The third-order valence-electron chi connectivity index (χ3n) is 10.3. The number of hydrogen-bond acceptors (Lipinski definition) is 5. The van der Waals surface area contributed by atoms with Gasteiger partial charge in [-0.25, -0.2) is 19.9 Å². The second kappa shape index (κ2) is 11.9. The van der Waals surface area contributed by atoms with Gasteiger partial charge in [0.15, 0.2) is 17.5 Å². The molecular weight excluding hydrogens is 665 g/mol. The fourth-order valence-corrected chi connectivity index (χ4v) is 8.78. The van der Waals surface area contributed by atoms with Crippen LogP contribution in [0.2, 0.25) is 0 Å². The second-order valence-corrected chi connectivity index (χ2v) is 14.5. The topological polar surface area (TPSA) is 51.6 Å². The van der Waals surface area contributed by atoms with Gasteiger partial charge in [-0.1, -0.05) is 127 Å². The molecule has 0 saturated heterocycles. The van der Waals surface area contributed by atoms with Crippen molar-refractivity contribution in [3.05, 3.63) is 170 Å². The molecule has 0 spiro atoms. The van der Waals surface area contributed by atoms with Crippen LogP contribution in [0.15, 0.2) is 170 Å². The molecule has 0 atom stereocenters. The summed E-state index contributed by atoms with van der Waals surface area (Å²) in [6.45, 7) is 0. The fraction of sp³-hybridized carbons (Fsp3) is 0. The summed E-state index contributed by atoms with van der Waals surface area (Å²) in [5, 5.41) is 10.6. The zero-order chi connectivity index (χ0) is 34.9. The first-order valence-electron chi connectivity index (χ1n) is 17.7. The van der Waals surface area contributed by atoms with Crippen LogP contribution in [0.5, 0.6) is 0 Å². The van der Waals surface area contributed by atoms with Crippen LogP contribution in [0.25, 0.3) is 109 Å². The average molecular weight is 693 g/mol. The summed E-state index contributed by atoms with van der Waals surface area (Å²) in [6.07, 6.45) is 0. The third kappa shape index (κ3) is 4.97. The summed E-state index contributed by atoms with van der Waals surface area (Å²) < 4.78 is 2.46. The number of nitrogens with zero attached hydrogens (tertiary/aromatic N) is 4. The molecular formula is C48H28N4S. The van der Waals surface area contributed by atoms with Crippen LogP contribution in [0.3, 0.4) is 0 Å². The highest BCUT2D eigenvalue weighted by Gasteiger charge is 2.19. The molecule has 53 heavy (non-hydrogen) atoms. The Kier molecular flexibility index (Phi) is 6.69. The molecule has 0 amide bonds. The van der Waals surface area contributed by atoms with Gasteiger partial charge < -0.3 is 0 Å². The molecule has 0 aliphatic rings. The summed E-state index contributed by atoms with van der Waals surface area (Å²) in [5.74, 6) is 1.94. The number of hydrogen-bond donors (Lipinski definition) is 0. The zero-order valence-corrected chi connectivity index (χ0v) is 29.2. The van der Waals surface area contributed by atoms with Crippen LogP contribution in [-0.4, -0.2) is 19.9 Å². The Morgan fingerprint density at radius 1 is 0.321 bits per heavy atom. The van der Waals surface area contributed by atoms with Crippen LogP contribution in [0.1, 0.15) is 0 Å². The molecule has 0 saturated carbocycles. The number of para-hydroxylation sites is 1.